The first-order valence-corrected chi connectivity index (χ1v) is 8.25. The SMILES string of the molecule is NC(=O)CCc1c(Cc2ccccc2)ncn1Cc1cccc(O)c1. The van der Waals surface area contributed by atoms with E-state index in [1.54, 1.807) is 18.5 Å². The quantitative estimate of drug-likeness (QED) is 0.696. The maximum absolute atomic E-state index is 11.2. The van der Waals surface area contributed by atoms with Crippen molar-refractivity contribution in [3.63, 3.8) is 0 Å². The van der Waals surface area contributed by atoms with Gasteiger partial charge in [-0.05, 0) is 29.7 Å². The number of aromatic hydroxyl groups is 1. The molecule has 0 saturated carbocycles. The van der Waals surface area contributed by atoms with Gasteiger partial charge in [-0.3, -0.25) is 4.79 Å². The van der Waals surface area contributed by atoms with Gasteiger partial charge in [-0.25, -0.2) is 4.98 Å². The van der Waals surface area contributed by atoms with Crippen molar-refractivity contribution < 1.29 is 9.90 Å². The number of nitrogens with zero attached hydrogens (tertiary/aromatic N) is 2. The Morgan fingerprint density at radius 1 is 1.08 bits per heavy atom. The molecule has 2 aromatic carbocycles. The zero-order valence-electron chi connectivity index (χ0n) is 13.9. The van der Waals surface area contributed by atoms with Crippen LogP contribution in [0.5, 0.6) is 5.75 Å². The van der Waals surface area contributed by atoms with E-state index in [0.29, 0.717) is 19.4 Å². The van der Waals surface area contributed by atoms with Crippen molar-refractivity contribution in [2.45, 2.75) is 25.8 Å². The van der Waals surface area contributed by atoms with Crippen LogP contribution in [0.15, 0.2) is 60.9 Å². The van der Waals surface area contributed by atoms with Gasteiger partial charge in [-0.1, -0.05) is 42.5 Å². The lowest BCUT2D eigenvalue weighted by molar-refractivity contribution is -0.118. The first kappa shape index (κ1) is 16.8. The summed E-state index contributed by atoms with van der Waals surface area (Å²) in [5.41, 5.74) is 9.44. The summed E-state index contributed by atoms with van der Waals surface area (Å²) in [6.07, 6.45) is 3.34. The lowest BCUT2D eigenvalue weighted by atomic mass is 10.1. The molecule has 128 valence electrons. The number of hydrogen-bond acceptors (Lipinski definition) is 3. The second kappa shape index (κ2) is 7.66. The van der Waals surface area contributed by atoms with E-state index in [0.717, 1.165) is 17.0 Å². The van der Waals surface area contributed by atoms with Crippen molar-refractivity contribution >= 4 is 5.91 Å². The molecular weight excluding hydrogens is 314 g/mol. The van der Waals surface area contributed by atoms with E-state index in [9.17, 15) is 9.90 Å². The minimum atomic E-state index is -0.323. The molecule has 0 saturated heterocycles. The van der Waals surface area contributed by atoms with E-state index in [1.165, 1.54) is 5.56 Å². The van der Waals surface area contributed by atoms with Crippen LogP contribution in [0.2, 0.25) is 0 Å². The number of rotatable bonds is 7. The molecule has 0 aliphatic carbocycles. The Hall–Kier alpha value is -3.08. The molecule has 0 fully saturated rings. The van der Waals surface area contributed by atoms with E-state index in [-0.39, 0.29) is 18.1 Å². The highest BCUT2D eigenvalue weighted by atomic mass is 16.3. The van der Waals surface area contributed by atoms with Gasteiger partial charge in [0.15, 0.2) is 0 Å². The summed E-state index contributed by atoms with van der Waals surface area (Å²) in [6, 6.07) is 17.3. The summed E-state index contributed by atoms with van der Waals surface area (Å²) in [6.45, 7) is 0.588. The Kier molecular flexibility index (Phi) is 5.14. The summed E-state index contributed by atoms with van der Waals surface area (Å²) < 4.78 is 2.02. The number of carbonyl (C=O) groups is 1. The maximum Gasteiger partial charge on any atom is 0.217 e. The predicted octanol–water partition coefficient (Wildman–Crippen LogP) is 2.65. The summed E-state index contributed by atoms with van der Waals surface area (Å²) in [4.78, 5) is 15.8. The van der Waals surface area contributed by atoms with E-state index < -0.39 is 0 Å². The zero-order valence-corrected chi connectivity index (χ0v) is 13.9. The van der Waals surface area contributed by atoms with Gasteiger partial charge in [-0.15, -0.1) is 0 Å². The largest absolute Gasteiger partial charge is 0.508 e. The van der Waals surface area contributed by atoms with Crippen LogP contribution >= 0.6 is 0 Å². The number of aromatic nitrogens is 2. The van der Waals surface area contributed by atoms with Crippen molar-refractivity contribution in [3.8, 4) is 5.75 Å². The van der Waals surface area contributed by atoms with E-state index in [4.69, 9.17) is 5.73 Å². The van der Waals surface area contributed by atoms with Gasteiger partial charge in [-0.2, -0.15) is 0 Å². The third-order valence-corrected chi connectivity index (χ3v) is 4.12. The molecule has 0 aliphatic rings. The Balaban J connectivity index is 1.87. The fraction of sp³-hybridized carbons (Fsp3) is 0.200. The summed E-state index contributed by atoms with van der Waals surface area (Å²) >= 11 is 0. The number of carbonyl (C=O) groups excluding carboxylic acids is 1. The number of imidazole rings is 1. The minimum Gasteiger partial charge on any atom is -0.508 e. The van der Waals surface area contributed by atoms with Crippen molar-refractivity contribution in [2.24, 2.45) is 5.73 Å². The Morgan fingerprint density at radius 2 is 1.84 bits per heavy atom. The molecule has 0 radical (unpaired) electrons. The number of primary amides is 1. The standard InChI is InChI=1S/C20H21N3O2/c21-20(25)10-9-19-18(12-15-5-2-1-3-6-15)22-14-23(19)13-16-7-4-8-17(24)11-16/h1-8,11,14,24H,9-10,12-13H2,(H2,21,25). The molecule has 25 heavy (non-hydrogen) atoms. The number of amides is 1. The normalized spacial score (nSPS) is 10.7. The van der Waals surface area contributed by atoms with Crippen LogP contribution in [0.1, 0.15) is 28.9 Å². The highest BCUT2D eigenvalue weighted by Gasteiger charge is 2.13. The van der Waals surface area contributed by atoms with Crippen LogP contribution in [-0.4, -0.2) is 20.6 Å². The zero-order chi connectivity index (χ0) is 17.6. The Labute approximate surface area is 146 Å². The molecule has 0 unspecified atom stereocenters. The van der Waals surface area contributed by atoms with Crippen LogP contribution < -0.4 is 5.73 Å². The summed E-state index contributed by atoms with van der Waals surface area (Å²) in [5.74, 6) is -0.0865. The first-order valence-electron chi connectivity index (χ1n) is 8.25. The number of hydrogen-bond donors (Lipinski definition) is 2. The van der Waals surface area contributed by atoms with Gasteiger partial charge >= 0.3 is 0 Å². The van der Waals surface area contributed by atoms with Gasteiger partial charge < -0.3 is 15.4 Å². The van der Waals surface area contributed by atoms with Gasteiger partial charge in [0, 0.05) is 25.1 Å². The number of phenols is 1. The van der Waals surface area contributed by atoms with Crippen LogP contribution in [0.25, 0.3) is 0 Å². The molecule has 1 amide bonds. The molecule has 1 aromatic heterocycles. The first-order chi connectivity index (χ1) is 12.1. The molecular formula is C20H21N3O2. The average Bonchev–Trinajstić information content (AvgIpc) is 2.95. The minimum absolute atomic E-state index is 0.237. The average molecular weight is 335 g/mol. The smallest absolute Gasteiger partial charge is 0.217 e. The topological polar surface area (TPSA) is 81.1 Å². The number of phenolic OH excluding ortho intramolecular Hbond substituents is 1. The second-order valence-electron chi connectivity index (χ2n) is 6.06. The lowest BCUT2D eigenvalue weighted by Gasteiger charge is -2.10. The van der Waals surface area contributed by atoms with Gasteiger partial charge in [0.1, 0.15) is 5.75 Å². The van der Waals surface area contributed by atoms with E-state index in [1.807, 2.05) is 34.9 Å². The molecule has 0 atom stereocenters. The van der Waals surface area contributed by atoms with Crippen LogP contribution in [0, 0.1) is 0 Å². The van der Waals surface area contributed by atoms with Crippen LogP contribution in [-0.2, 0) is 24.2 Å². The van der Waals surface area contributed by atoms with Crippen molar-refractivity contribution in [3.05, 3.63) is 83.4 Å². The molecule has 1 heterocycles. The molecule has 3 aromatic rings. The number of nitrogens with two attached hydrogens (primary N) is 1. The lowest BCUT2D eigenvalue weighted by Crippen LogP contribution is -2.14. The molecule has 0 aliphatic heterocycles. The summed E-state index contributed by atoms with van der Waals surface area (Å²) in [5, 5.41) is 9.65. The van der Waals surface area contributed by atoms with E-state index in [2.05, 4.69) is 17.1 Å². The molecule has 5 nitrogen and oxygen atoms in total. The second-order valence-corrected chi connectivity index (χ2v) is 6.06. The molecule has 5 heteroatoms. The fourth-order valence-corrected chi connectivity index (χ4v) is 2.90. The highest BCUT2D eigenvalue weighted by molar-refractivity contribution is 5.74. The fourth-order valence-electron chi connectivity index (χ4n) is 2.90. The predicted molar refractivity (Wildman–Crippen MR) is 96.2 cm³/mol. The van der Waals surface area contributed by atoms with Crippen molar-refractivity contribution in [2.75, 3.05) is 0 Å². The monoisotopic (exact) mass is 335 g/mol. The summed E-state index contributed by atoms with van der Waals surface area (Å²) in [7, 11) is 0. The van der Waals surface area contributed by atoms with Gasteiger partial charge in [0.25, 0.3) is 0 Å². The third-order valence-electron chi connectivity index (χ3n) is 4.12. The highest BCUT2D eigenvalue weighted by Crippen LogP contribution is 2.18. The Bertz CT molecular complexity index is 856. The van der Waals surface area contributed by atoms with Crippen LogP contribution in [0.3, 0.4) is 0 Å². The van der Waals surface area contributed by atoms with E-state index >= 15 is 0 Å². The van der Waals surface area contributed by atoms with Gasteiger partial charge in [0.05, 0.1) is 12.0 Å². The molecule has 3 rings (SSSR count). The Morgan fingerprint density at radius 3 is 2.56 bits per heavy atom. The molecule has 3 N–H and O–H groups in total. The van der Waals surface area contributed by atoms with Crippen LogP contribution in [0.4, 0.5) is 0 Å². The molecule has 0 spiro atoms. The maximum atomic E-state index is 11.2. The third kappa shape index (κ3) is 4.47. The van der Waals surface area contributed by atoms with Crippen molar-refractivity contribution in [1.29, 1.82) is 0 Å². The number of benzene rings is 2. The van der Waals surface area contributed by atoms with Crippen molar-refractivity contribution in [1.82, 2.24) is 9.55 Å². The molecule has 0 bridgehead atoms. The van der Waals surface area contributed by atoms with Gasteiger partial charge in [0.2, 0.25) is 5.91 Å².